The maximum atomic E-state index is 14.2. The summed E-state index contributed by atoms with van der Waals surface area (Å²) in [6.45, 7) is 8.13. The molecule has 47 heavy (non-hydrogen) atoms. The molecule has 0 unspecified atom stereocenters. The monoisotopic (exact) mass is 677 g/mol. The van der Waals surface area contributed by atoms with Crippen molar-refractivity contribution < 1.29 is 23.9 Å². The quantitative estimate of drug-likeness (QED) is 0.379. The van der Waals surface area contributed by atoms with E-state index in [1.807, 2.05) is 44.2 Å². The van der Waals surface area contributed by atoms with Gasteiger partial charge in [-0.2, -0.15) is 0 Å². The minimum Gasteiger partial charge on any atom is -0.474 e. The lowest BCUT2D eigenvalue weighted by Crippen LogP contribution is -2.52. The Morgan fingerprint density at radius 3 is 2.36 bits per heavy atom. The maximum absolute atomic E-state index is 14.2. The normalized spacial score (nSPS) is 27.5. The van der Waals surface area contributed by atoms with Gasteiger partial charge >= 0.3 is 0 Å². The molecule has 1 aromatic carbocycles. The Morgan fingerprint density at radius 1 is 0.957 bits per heavy atom. The van der Waals surface area contributed by atoms with Gasteiger partial charge in [-0.1, -0.05) is 50.6 Å². The van der Waals surface area contributed by atoms with Crippen molar-refractivity contribution in [2.45, 2.75) is 89.7 Å². The van der Waals surface area contributed by atoms with Crippen LogP contribution in [0.15, 0.2) is 46.1 Å². The molecule has 248 valence electrons. The molecule has 14 heteroatoms. The molecule has 1 fully saturated rings. The molecule has 0 saturated carbocycles. The molecule has 7 atom stereocenters. The van der Waals surface area contributed by atoms with Crippen LogP contribution in [0, 0.1) is 5.92 Å². The third-order valence-electron chi connectivity index (χ3n) is 9.00. The van der Waals surface area contributed by atoms with Crippen molar-refractivity contribution >= 4 is 52.2 Å². The second-order valence-electron chi connectivity index (χ2n) is 12.3. The molecule has 3 aliphatic heterocycles. The highest BCUT2D eigenvalue weighted by molar-refractivity contribution is 7.10. The summed E-state index contributed by atoms with van der Waals surface area (Å²) in [7, 11) is 0. The summed E-state index contributed by atoms with van der Waals surface area (Å²) < 4.78 is 6.17. The Hall–Kier alpha value is -4.17. The molecule has 0 spiro atoms. The van der Waals surface area contributed by atoms with Gasteiger partial charge in [0.25, 0.3) is 11.8 Å². The first-order chi connectivity index (χ1) is 22.6. The van der Waals surface area contributed by atoms with E-state index in [-0.39, 0.29) is 41.4 Å². The fourth-order valence-corrected chi connectivity index (χ4v) is 7.90. The molecular formula is C33H39N7O5S2. The van der Waals surface area contributed by atoms with E-state index in [1.54, 1.807) is 29.5 Å². The summed E-state index contributed by atoms with van der Waals surface area (Å²) in [4.78, 5) is 70.3. The smallest absolute Gasteiger partial charge is 0.271 e. The van der Waals surface area contributed by atoms with Crippen LogP contribution in [0.1, 0.15) is 95.6 Å². The number of hydrogen-bond donors (Lipinski definition) is 3. The summed E-state index contributed by atoms with van der Waals surface area (Å²) in [5.74, 6) is -1.04. The number of carbonyl (C=O) groups is 4. The molecule has 5 heterocycles. The average Bonchev–Trinajstić information content (AvgIpc) is 3.89. The van der Waals surface area contributed by atoms with Crippen molar-refractivity contribution in [1.29, 1.82) is 0 Å². The summed E-state index contributed by atoms with van der Waals surface area (Å²) in [5, 5.41) is 13.5. The predicted octanol–water partition coefficient (Wildman–Crippen LogP) is 3.83. The van der Waals surface area contributed by atoms with Crippen LogP contribution in [-0.2, 0) is 20.7 Å². The van der Waals surface area contributed by atoms with Gasteiger partial charge in [0.05, 0.1) is 12.1 Å². The van der Waals surface area contributed by atoms with Crippen LogP contribution in [-0.4, -0.2) is 75.2 Å². The molecule has 0 radical (unpaired) electrons. The number of hydrogen-bond acceptors (Lipinski definition) is 10. The second kappa shape index (κ2) is 13.9. The number of thiazole rings is 2. The van der Waals surface area contributed by atoms with Crippen molar-refractivity contribution in [3.8, 4) is 0 Å². The first-order valence-corrected chi connectivity index (χ1v) is 17.8. The van der Waals surface area contributed by atoms with Gasteiger partial charge < -0.3 is 25.6 Å². The molecule has 6 bridgehead atoms. The van der Waals surface area contributed by atoms with Crippen LogP contribution >= 0.6 is 22.7 Å². The van der Waals surface area contributed by atoms with Gasteiger partial charge in [0.15, 0.2) is 6.04 Å². The van der Waals surface area contributed by atoms with Crippen LogP contribution in [0.2, 0.25) is 0 Å². The van der Waals surface area contributed by atoms with E-state index in [4.69, 9.17) is 9.73 Å². The zero-order chi connectivity index (χ0) is 33.2. The number of nitrogens with one attached hydrogen (secondary N) is 3. The second-order valence-corrected chi connectivity index (χ2v) is 14.1. The zero-order valence-electron chi connectivity index (χ0n) is 26.8. The van der Waals surface area contributed by atoms with E-state index in [9.17, 15) is 19.2 Å². The molecule has 1 saturated heterocycles. The minimum absolute atomic E-state index is 0.0332. The number of aromatic nitrogens is 2. The molecule has 4 amide bonds. The number of amides is 4. The molecule has 3 aromatic rings. The molecule has 2 aromatic heterocycles. The van der Waals surface area contributed by atoms with E-state index >= 15 is 0 Å². The number of carbonyl (C=O) groups excluding carboxylic acids is 4. The summed E-state index contributed by atoms with van der Waals surface area (Å²) >= 11 is 2.57. The largest absolute Gasteiger partial charge is 0.474 e. The standard InChI is InChI=1S/C33H39N7O5S2/c1-5-17(2)25-32-37-22(16-47-32)27(41)34-18(3)31-36-23(15-46-31)28(42)35-21(14-20-10-7-6-8-11-20)33(44)40-13-9-12-24(40)30-39-26(19(4)45-30)29(43)38-25/h6-8,10-11,15-19,21,24-26H,5,9,12-14H2,1-4H3,(H,34,41)(H,35,42)(H,38,43)/t17-,18-,19+,21-,24-,25+,26-/m0/s1. The topological polar surface area (TPSA) is 155 Å². The molecule has 0 aliphatic carbocycles. The maximum Gasteiger partial charge on any atom is 0.271 e. The number of rotatable bonds is 4. The minimum atomic E-state index is -0.879. The van der Waals surface area contributed by atoms with Crippen molar-refractivity contribution in [2.75, 3.05) is 6.54 Å². The van der Waals surface area contributed by atoms with Gasteiger partial charge in [0.1, 0.15) is 39.6 Å². The van der Waals surface area contributed by atoms with Crippen molar-refractivity contribution in [1.82, 2.24) is 30.8 Å². The van der Waals surface area contributed by atoms with Gasteiger partial charge in [-0.25, -0.2) is 15.0 Å². The zero-order valence-corrected chi connectivity index (χ0v) is 28.4. The van der Waals surface area contributed by atoms with E-state index in [1.165, 1.54) is 22.7 Å². The Morgan fingerprint density at radius 2 is 1.64 bits per heavy atom. The Bertz CT molecular complexity index is 1670. The third kappa shape index (κ3) is 6.93. The van der Waals surface area contributed by atoms with Gasteiger partial charge in [0.2, 0.25) is 17.7 Å². The highest BCUT2D eigenvalue weighted by atomic mass is 32.1. The van der Waals surface area contributed by atoms with Gasteiger partial charge in [-0.3, -0.25) is 19.2 Å². The number of ether oxygens (including phenoxy) is 1. The van der Waals surface area contributed by atoms with E-state index in [2.05, 4.69) is 25.9 Å². The fraction of sp³-hybridized carbons (Fsp3) is 0.485. The lowest BCUT2D eigenvalue weighted by molar-refractivity contribution is -0.133. The molecule has 3 N–H and O–H groups in total. The first-order valence-electron chi connectivity index (χ1n) is 16.0. The van der Waals surface area contributed by atoms with Crippen LogP contribution in [0.5, 0.6) is 0 Å². The van der Waals surface area contributed by atoms with Crippen LogP contribution in [0.4, 0.5) is 0 Å². The van der Waals surface area contributed by atoms with Crippen LogP contribution < -0.4 is 16.0 Å². The number of aliphatic imine (C=N–C) groups is 1. The average molecular weight is 678 g/mol. The lowest BCUT2D eigenvalue weighted by Gasteiger charge is -2.29. The molecule has 6 rings (SSSR count). The summed E-state index contributed by atoms with van der Waals surface area (Å²) in [6.07, 6.45) is 1.87. The predicted molar refractivity (Wildman–Crippen MR) is 178 cm³/mol. The van der Waals surface area contributed by atoms with Crippen molar-refractivity contribution in [3.63, 3.8) is 0 Å². The number of benzene rings is 1. The van der Waals surface area contributed by atoms with E-state index in [0.29, 0.717) is 28.9 Å². The Labute approximate surface area is 281 Å². The Kier molecular flexibility index (Phi) is 9.69. The van der Waals surface area contributed by atoms with Crippen LogP contribution in [0.25, 0.3) is 0 Å². The van der Waals surface area contributed by atoms with Crippen LogP contribution in [0.3, 0.4) is 0 Å². The molecule has 3 aliphatic rings. The van der Waals surface area contributed by atoms with Gasteiger partial charge in [-0.15, -0.1) is 22.7 Å². The number of fused-ring (bicyclic) bond motifs is 7. The van der Waals surface area contributed by atoms with Gasteiger partial charge in [0, 0.05) is 23.7 Å². The number of nitrogens with zero attached hydrogens (tertiary/aromatic N) is 4. The first kappa shape index (κ1) is 32.8. The summed E-state index contributed by atoms with van der Waals surface area (Å²) in [5.41, 5.74) is 1.29. The van der Waals surface area contributed by atoms with Gasteiger partial charge in [-0.05, 0) is 38.2 Å². The molecule has 12 nitrogen and oxygen atoms in total. The lowest BCUT2D eigenvalue weighted by atomic mass is 9.99. The highest BCUT2D eigenvalue weighted by Crippen LogP contribution is 2.30. The SMILES string of the molecule is CC[C@H](C)[C@H]1NC(=O)[C@H]2N=C(O[C@@H]2C)[C@@H]2CCCN2C(=O)[C@H](Cc2ccccc2)NC(=O)c2csc(n2)[C@H](C)NC(=O)c2csc1n2. The fourth-order valence-electron chi connectivity index (χ4n) is 6.11. The van der Waals surface area contributed by atoms with Crippen molar-refractivity contribution in [2.24, 2.45) is 10.9 Å². The third-order valence-corrected chi connectivity index (χ3v) is 11.0. The summed E-state index contributed by atoms with van der Waals surface area (Å²) in [6, 6.07) is 6.43. The molecular weight excluding hydrogens is 639 g/mol. The van der Waals surface area contributed by atoms with E-state index < -0.39 is 42.2 Å². The van der Waals surface area contributed by atoms with E-state index in [0.717, 1.165) is 18.4 Å². The highest BCUT2D eigenvalue weighted by Gasteiger charge is 2.43. The Balaban J connectivity index is 1.37. The van der Waals surface area contributed by atoms with Crippen molar-refractivity contribution in [3.05, 3.63) is 68.1 Å².